The van der Waals surface area contributed by atoms with E-state index in [0.29, 0.717) is 37.7 Å². The van der Waals surface area contributed by atoms with Crippen LogP contribution in [0.3, 0.4) is 0 Å². The number of hydrogen-bond acceptors (Lipinski definition) is 4. The summed E-state index contributed by atoms with van der Waals surface area (Å²) in [6.45, 7) is 3.41. The molecule has 1 amide bonds. The lowest BCUT2D eigenvalue weighted by Crippen LogP contribution is -2.33. The molecular weight excluding hydrogens is 234 g/mol. The number of nitrogens with zero attached hydrogens (tertiary/aromatic N) is 1. The van der Waals surface area contributed by atoms with E-state index in [-0.39, 0.29) is 17.4 Å². The summed E-state index contributed by atoms with van der Waals surface area (Å²) >= 11 is 0. The molecule has 0 bridgehead atoms. The molecule has 0 radical (unpaired) electrons. The molecule has 2 heterocycles. The Morgan fingerprint density at radius 2 is 2.50 bits per heavy atom. The highest BCUT2D eigenvalue weighted by Crippen LogP contribution is 2.11. The van der Waals surface area contributed by atoms with Crippen LogP contribution in [0.25, 0.3) is 0 Å². The molecule has 0 saturated carbocycles. The number of aromatic amines is 1. The van der Waals surface area contributed by atoms with E-state index in [1.165, 1.54) is 6.07 Å². The van der Waals surface area contributed by atoms with Crippen LogP contribution in [0.5, 0.6) is 0 Å². The predicted octanol–water partition coefficient (Wildman–Crippen LogP) is -0.226. The van der Waals surface area contributed by atoms with Crippen molar-refractivity contribution in [3.63, 3.8) is 0 Å². The van der Waals surface area contributed by atoms with Crippen LogP contribution < -0.4 is 10.9 Å². The number of hydrogen-bond donors (Lipinski definition) is 2. The number of rotatable bonds is 4. The van der Waals surface area contributed by atoms with Gasteiger partial charge < -0.3 is 15.0 Å². The third-order valence-electron chi connectivity index (χ3n) is 2.88. The van der Waals surface area contributed by atoms with Gasteiger partial charge in [-0.1, -0.05) is 0 Å². The van der Waals surface area contributed by atoms with Crippen LogP contribution in [0.4, 0.5) is 0 Å². The van der Waals surface area contributed by atoms with Crippen molar-refractivity contribution in [3.8, 4) is 0 Å². The molecule has 1 saturated heterocycles. The molecule has 0 aromatic carbocycles. The molecule has 6 heteroatoms. The van der Waals surface area contributed by atoms with Crippen molar-refractivity contribution in [3.05, 3.63) is 27.9 Å². The van der Waals surface area contributed by atoms with Gasteiger partial charge in [0.15, 0.2) is 0 Å². The molecule has 1 fully saturated rings. The van der Waals surface area contributed by atoms with E-state index in [4.69, 9.17) is 4.74 Å². The molecule has 1 aromatic rings. The van der Waals surface area contributed by atoms with Gasteiger partial charge in [-0.05, 0) is 13.3 Å². The maximum absolute atomic E-state index is 11.7. The second kappa shape index (κ2) is 5.77. The van der Waals surface area contributed by atoms with Gasteiger partial charge in [0, 0.05) is 31.3 Å². The normalized spacial score (nSPS) is 18.8. The number of aromatic nitrogens is 2. The standard InChI is InChI=1S/C12H17N3O3/c1-8-6-11(16)15-10(14-8)2-4-13-12(17)9-3-5-18-7-9/h6,9H,2-5,7H2,1H3,(H,13,17)(H,14,15,16)/t9-/m1/s1. The largest absolute Gasteiger partial charge is 0.381 e. The van der Waals surface area contributed by atoms with Crippen molar-refractivity contribution in [2.75, 3.05) is 19.8 Å². The van der Waals surface area contributed by atoms with Crippen molar-refractivity contribution in [1.82, 2.24) is 15.3 Å². The van der Waals surface area contributed by atoms with E-state index < -0.39 is 0 Å². The average molecular weight is 251 g/mol. The molecule has 0 spiro atoms. The molecule has 98 valence electrons. The molecule has 1 aliphatic rings. The van der Waals surface area contributed by atoms with Crippen LogP contribution in [0, 0.1) is 12.8 Å². The van der Waals surface area contributed by atoms with Gasteiger partial charge in [-0.15, -0.1) is 0 Å². The SMILES string of the molecule is Cc1cc(=O)[nH]c(CCNC(=O)[C@@H]2CCOC2)n1. The fourth-order valence-corrected chi connectivity index (χ4v) is 1.95. The molecule has 6 nitrogen and oxygen atoms in total. The topological polar surface area (TPSA) is 84.1 Å². The summed E-state index contributed by atoms with van der Waals surface area (Å²) in [7, 11) is 0. The zero-order chi connectivity index (χ0) is 13.0. The van der Waals surface area contributed by atoms with Crippen molar-refractivity contribution >= 4 is 5.91 Å². The van der Waals surface area contributed by atoms with Gasteiger partial charge in [0.2, 0.25) is 5.91 Å². The number of ether oxygens (including phenoxy) is 1. The number of nitrogens with one attached hydrogen (secondary N) is 2. The number of H-pyrrole nitrogens is 1. The van der Waals surface area contributed by atoms with Crippen molar-refractivity contribution < 1.29 is 9.53 Å². The Morgan fingerprint density at radius 1 is 1.67 bits per heavy atom. The Balaban J connectivity index is 1.81. The van der Waals surface area contributed by atoms with Crippen LogP contribution in [0.15, 0.2) is 10.9 Å². The zero-order valence-electron chi connectivity index (χ0n) is 10.4. The Kier molecular flexibility index (Phi) is 4.09. The highest BCUT2D eigenvalue weighted by Gasteiger charge is 2.22. The number of carbonyl (C=O) groups excluding carboxylic acids is 1. The molecule has 1 aromatic heterocycles. The third kappa shape index (κ3) is 3.40. The lowest BCUT2D eigenvalue weighted by Gasteiger charge is -2.08. The first-order valence-corrected chi connectivity index (χ1v) is 6.07. The predicted molar refractivity (Wildman–Crippen MR) is 65.2 cm³/mol. The second-order valence-corrected chi connectivity index (χ2v) is 4.44. The van der Waals surface area contributed by atoms with Crippen LogP contribution in [0.1, 0.15) is 17.9 Å². The summed E-state index contributed by atoms with van der Waals surface area (Å²) in [5.74, 6) is 0.583. The smallest absolute Gasteiger partial charge is 0.251 e. The lowest BCUT2D eigenvalue weighted by atomic mass is 10.1. The highest BCUT2D eigenvalue weighted by molar-refractivity contribution is 5.78. The monoisotopic (exact) mass is 251 g/mol. The minimum absolute atomic E-state index is 0.0162. The Hall–Kier alpha value is -1.69. The fourth-order valence-electron chi connectivity index (χ4n) is 1.95. The molecule has 2 N–H and O–H groups in total. The van der Waals surface area contributed by atoms with Crippen LogP contribution >= 0.6 is 0 Å². The first-order valence-electron chi connectivity index (χ1n) is 6.07. The summed E-state index contributed by atoms with van der Waals surface area (Å²) in [5.41, 5.74) is 0.525. The molecule has 0 unspecified atom stereocenters. The summed E-state index contributed by atoms with van der Waals surface area (Å²) in [4.78, 5) is 29.7. The molecule has 2 rings (SSSR count). The maximum Gasteiger partial charge on any atom is 0.251 e. The van der Waals surface area contributed by atoms with E-state index >= 15 is 0 Å². The Morgan fingerprint density at radius 3 is 3.17 bits per heavy atom. The van der Waals surface area contributed by atoms with Crippen molar-refractivity contribution in [1.29, 1.82) is 0 Å². The van der Waals surface area contributed by atoms with E-state index in [1.54, 1.807) is 6.92 Å². The molecule has 18 heavy (non-hydrogen) atoms. The summed E-state index contributed by atoms with van der Waals surface area (Å²) in [6.07, 6.45) is 1.31. The molecule has 1 atom stereocenters. The lowest BCUT2D eigenvalue weighted by molar-refractivity contribution is -0.124. The van der Waals surface area contributed by atoms with Gasteiger partial charge in [-0.3, -0.25) is 9.59 Å². The van der Waals surface area contributed by atoms with Crippen molar-refractivity contribution in [2.45, 2.75) is 19.8 Å². The third-order valence-corrected chi connectivity index (χ3v) is 2.88. The van der Waals surface area contributed by atoms with Crippen LogP contribution in [-0.4, -0.2) is 35.6 Å². The van der Waals surface area contributed by atoms with Crippen LogP contribution in [-0.2, 0) is 16.0 Å². The van der Waals surface area contributed by atoms with Gasteiger partial charge in [-0.2, -0.15) is 0 Å². The highest BCUT2D eigenvalue weighted by atomic mass is 16.5. The molecular formula is C12H17N3O3. The minimum Gasteiger partial charge on any atom is -0.381 e. The Labute approximate surface area is 105 Å². The number of carbonyl (C=O) groups is 1. The summed E-state index contributed by atoms with van der Waals surface area (Å²) in [6, 6.07) is 1.44. The number of aryl methyl sites for hydroxylation is 1. The molecule has 1 aliphatic heterocycles. The first-order chi connectivity index (χ1) is 8.65. The zero-order valence-corrected chi connectivity index (χ0v) is 10.4. The summed E-state index contributed by atoms with van der Waals surface area (Å²) in [5, 5.41) is 2.83. The van der Waals surface area contributed by atoms with Gasteiger partial charge in [0.25, 0.3) is 5.56 Å². The average Bonchev–Trinajstić information content (AvgIpc) is 2.80. The molecule has 0 aliphatic carbocycles. The van der Waals surface area contributed by atoms with E-state index in [1.807, 2.05) is 0 Å². The Bertz CT molecular complexity index is 478. The van der Waals surface area contributed by atoms with Gasteiger partial charge in [0.05, 0.1) is 12.5 Å². The first kappa shape index (κ1) is 12.8. The van der Waals surface area contributed by atoms with Gasteiger partial charge in [0.1, 0.15) is 5.82 Å². The van der Waals surface area contributed by atoms with E-state index in [2.05, 4.69) is 15.3 Å². The number of amides is 1. The quantitative estimate of drug-likeness (QED) is 0.774. The van der Waals surface area contributed by atoms with E-state index in [0.717, 1.165) is 6.42 Å². The van der Waals surface area contributed by atoms with Crippen LogP contribution in [0.2, 0.25) is 0 Å². The second-order valence-electron chi connectivity index (χ2n) is 4.44. The fraction of sp³-hybridized carbons (Fsp3) is 0.583. The minimum atomic E-state index is -0.159. The summed E-state index contributed by atoms with van der Waals surface area (Å²) < 4.78 is 5.15. The van der Waals surface area contributed by atoms with E-state index in [9.17, 15) is 9.59 Å². The van der Waals surface area contributed by atoms with Gasteiger partial charge in [-0.25, -0.2) is 4.98 Å². The van der Waals surface area contributed by atoms with Crippen molar-refractivity contribution in [2.24, 2.45) is 5.92 Å². The maximum atomic E-state index is 11.7. The van der Waals surface area contributed by atoms with Gasteiger partial charge >= 0.3 is 0 Å².